The Hall–Kier alpha value is -0.660. The van der Waals surface area contributed by atoms with E-state index in [1.54, 1.807) is 21.6 Å². The number of rotatable bonds is 6. The van der Waals surface area contributed by atoms with E-state index >= 15 is 0 Å². The van der Waals surface area contributed by atoms with Gasteiger partial charge in [-0.25, -0.2) is 8.78 Å². The highest BCUT2D eigenvalue weighted by molar-refractivity contribution is 9.10. The van der Waals surface area contributed by atoms with Crippen molar-refractivity contribution in [3.8, 4) is 0 Å². The molecule has 0 N–H and O–H groups in total. The molecule has 1 aliphatic rings. The molecule has 0 unspecified atom stereocenters. The fraction of sp³-hybridized carbons (Fsp3) is 0.533. The van der Waals surface area contributed by atoms with E-state index in [1.165, 1.54) is 0 Å². The van der Waals surface area contributed by atoms with Gasteiger partial charge in [0.25, 0.3) is 6.43 Å². The van der Waals surface area contributed by atoms with Crippen LogP contribution in [0.3, 0.4) is 0 Å². The number of nitrogens with zero attached hydrogens (tertiary/aromatic N) is 2. The Morgan fingerprint density at radius 1 is 1.23 bits per heavy atom. The van der Waals surface area contributed by atoms with Gasteiger partial charge in [-0.1, -0.05) is 12.1 Å². The average molecular weight is 393 g/mol. The van der Waals surface area contributed by atoms with Gasteiger partial charge in [-0.2, -0.15) is 0 Å². The van der Waals surface area contributed by atoms with Crippen LogP contribution in [-0.2, 0) is 4.79 Å². The molecular formula is C15H19BrF2N2OS. The molecule has 1 fully saturated rings. The van der Waals surface area contributed by atoms with Gasteiger partial charge in [0.2, 0.25) is 5.91 Å². The van der Waals surface area contributed by atoms with E-state index in [0.29, 0.717) is 32.6 Å². The molecule has 22 heavy (non-hydrogen) atoms. The summed E-state index contributed by atoms with van der Waals surface area (Å²) < 4.78 is 25.6. The molecule has 0 spiro atoms. The second-order valence-electron chi connectivity index (χ2n) is 5.10. The number of alkyl halides is 2. The van der Waals surface area contributed by atoms with E-state index in [-0.39, 0.29) is 12.5 Å². The highest BCUT2D eigenvalue weighted by Crippen LogP contribution is 2.27. The predicted molar refractivity (Wildman–Crippen MR) is 88.5 cm³/mol. The van der Waals surface area contributed by atoms with Gasteiger partial charge in [0.1, 0.15) is 0 Å². The summed E-state index contributed by atoms with van der Waals surface area (Å²) in [5.41, 5.74) is 0. The largest absolute Gasteiger partial charge is 0.340 e. The van der Waals surface area contributed by atoms with E-state index in [4.69, 9.17) is 0 Å². The van der Waals surface area contributed by atoms with Gasteiger partial charge >= 0.3 is 0 Å². The number of carbonyl (C=O) groups is 1. The first-order valence-corrected chi connectivity index (χ1v) is 8.99. The molecule has 0 aromatic heterocycles. The normalized spacial score (nSPS) is 16.3. The number of amides is 1. The molecule has 0 bridgehead atoms. The number of hydrogen-bond donors (Lipinski definition) is 0. The molecule has 2 rings (SSSR count). The summed E-state index contributed by atoms with van der Waals surface area (Å²) >= 11 is 5.13. The average Bonchev–Trinajstić information content (AvgIpc) is 2.49. The fourth-order valence-electron chi connectivity index (χ4n) is 2.34. The summed E-state index contributed by atoms with van der Waals surface area (Å²) in [6.45, 7) is 1.97. The maximum Gasteiger partial charge on any atom is 0.251 e. The molecule has 1 aromatic rings. The van der Waals surface area contributed by atoms with Crippen molar-refractivity contribution in [3.63, 3.8) is 0 Å². The van der Waals surface area contributed by atoms with Crippen LogP contribution in [0.5, 0.6) is 0 Å². The molecule has 0 saturated carbocycles. The molecule has 1 amide bonds. The van der Waals surface area contributed by atoms with Crippen LogP contribution in [0.2, 0.25) is 0 Å². The number of piperazine rings is 1. The first kappa shape index (κ1) is 17.7. The lowest BCUT2D eigenvalue weighted by molar-refractivity contribution is -0.132. The lowest BCUT2D eigenvalue weighted by atomic mass is 10.3. The first-order valence-electron chi connectivity index (χ1n) is 7.22. The smallest absolute Gasteiger partial charge is 0.251 e. The van der Waals surface area contributed by atoms with Crippen LogP contribution in [0.4, 0.5) is 8.78 Å². The Bertz CT molecular complexity index is 496. The van der Waals surface area contributed by atoms with E-state index in [1.807, 2.05) is 24.3 Å². The monoisotopic (exact) mass is 392 g/mol. The van der Waals surface area contributed by atoms with Crippen LogP contribution in [0.1, 0.15) is 6.42 Å². The van der Waals surface area contributed by atoms with Gasteiger partial charge in [-0.15, -0.1) is 11.8 Å². The van der Waals surface area contributed by atoms with Crippen molar-refractivity contribution in [1.82, 2.24) is 9.80 Å². The molecule has 0 radical (unpaired) electrons. The minimum Gasteiger partial charge on any atom is -0.340 e. The summed E-state index contributed by atoms with van der Waals surface area (Å²) in [6, 6.07) is 7.92. The number of benzene rings is 1. The second kappa shape index (κ2) is 8.84. The van der Waals surface area contributed by atoms with Gasteiger partial charge < -0.3 is 4.90 Å². The molecule has 1 heterocycles. The van der Waals surface area contributed by atoms with Crippen LogP contribution < -0.4 is 0 Å². The Labute approximate surface area is 142 Å². The van der Waals surface area contributed by atoms with Gasteiger partial charge in [0.15, 0.2) is 0 Å². The van der Waals surface area contributed by atoms with Crippen LogP contribution in [0.25, 0.3) is 0 Å². The Kier molecular flexibility index (Phi) is 7.11. The van der Waals surface area contributed by atoms with Crippen molar-refractivity contribution in [1.29, 1.82) is 0 Å². The zero-order valence-corrected chi connectivity index (χ0v) is 14.6. The van der Waals surface area contributed by atoms with Crippen molar-refractivity contribution in [2.24, 2.45) is 0 Å². The maximum atomic E-state index is 12.3. The number of hydrogen-bond acceptors (Lipinski definition) is 3. The zero-order chi connectivity index (χ0) is 15.9. The maximum absolute atomic E-state index is 12.3. The summed E-state index contributed by atoms with van der Waals surface area (Å²) in [4.78, 5) is 16.8. The van der Waals surface area contributed by atoms with Crippen LogP contribution in [0.15, 0.2) is 33.6 Å². The van der Waals surface area contributed by atoms with Gasteiger partial charge in [-0.3, -0.25) is 9.69 Å². The molecule has 7 heteroatoms. The van der Waals surface area contributed by atoms with Crippen LogP contribution in [-0.4, -0.2) is 60.6 Å². The van der Waals surface area contributed by atoms with Gasteiger partial charge in [0.05, 0.1) is 6.54 Å². The third kappa shape index (κ3) is 5.52. The molecule has 0 aliphatic carbocycles. The summed E-state index contributed by atoms with van der Waals surface area (Å²) in [6.07, 6.45) is -1.83. The summed E-state index contributed by atoms with van der Waals surface area (Å²) in [7, 11) is 0. The van der Waals surface area contributed by atoms with Gasteiger partial charge in [-0.05, 0) is 28.1 Å². The molecular weight excluding hydrogens is 374 g/mol. The Morgan fingerprint density at radius 2 is 1.91 bits per heavy atom. The zero-order valence-electron chi connectivity index (χ0n) is 12.2. The third-order valence-corrected chi connectivity index (χ3v) is 5.56. The van der Waals surface area contributed by atoms with Crippen molar-refractivity contribution in [2.45, 2.75) is 17.7 Å². The predicted octanol–water partition coefficient (Wildman–Crippen LogP) is 3.34. The van der Waals surface area contributed by atoms with Crippen LogP contribution >= 0.6 is 27.7 Å². The molecule has 1 aromatic carbocycles. The van der Waals surface area contributed by atoms with E-state index in [0.717, 1.165) is 15.1 Å². The molecule has 1 saturated heterocycles. The van der Waals surface area contributed by atoms with E-state index < -0.39 is 6.43 Å². The fourth-order valence-corrected chi connectivity index (χ4v) is 3.85. The van der Waals surface area contributed by atoms with Crippen molar-refractivity contribution < 1.29 is 13.6 Å². The van der Waals surface area contributed by atoms with Crippen LogP contribution in [0, 0.1) is 0 Å². The number of carbonyl (C=O) groups excluding carboxylic acids is 1. The summed E-state index contributed by atoms with van der Waals surface area (Å²) in [5.74, 6) is 0.829. The molecule has 122 valence electrons. The summed E-state index contributed by atoms with van der Waals surface area (Å²) in [5, 5.41) is 0. The highest BCUT2D eigenvalue weighted by atomic mass is 79.9. The number of thioether (sulfide) groups is 1. The van der Waals surface area contributed by atoms with E-state index in [9.17, 15) is 13.6 Å². The SMILES string of the molecule is O=C(CCSc1ccccc1Br)N1CCN(CC(F)F)CC1. The van der Waals surface area contributed by atoms with E-state index in [2.05, 4.69) is 15.9 Å². The highest BCUT2D eigenvalue weighted by Gasteiger charge is 2.22. The minimum absolute atomic E-state index is 0.108. The molecule has 1 aliphatic heterocycles. The Morgan fingerprint density at radius 3 is 2.55 bits per heavy atom. The lowest BCUT2D eigenvalue weighted by Crippen LogP contribution is -2.49. The lowest BCUT2D eigenvalue weighted by Gasteiger charge is -2.34. The standard InChI is InChI=1S/C15H19BrF2N2OS/c16-12-3-1-2-4-13(12)22-10-5-15(21)20-8-6-19(7-9-20)11-14(17)18/h1-4,14H,5-11H2. The Balaban J connectivity index is 1.69. The molecule has 3 nitrogen and oxygen atoms in total. The first-order chi connectivity index (χ1) is 10.6. The quantitative estimate of drug-likeness (QED) is 0.693. The third-order valence-electron chi connectivity index (χ3n) is 3.53. The topological polar surface area (TPSA) is 23.6 Å². The van der Waals surface area contributed by atoms with Crippen molar-refractivity contribution >= 4 is 33.6 Å². The minimum atomic E-state index is -2.30. The van der Waals surface area contributed by atoms with Gasteiger partial charge in [0, 0.05) is 47.7 Å². The van der Waals surface area contributed by atoms with Crippen molar-refractivity contribution in [2.75, 3.05) is 38.5 Å². The molecule has 0 atom stereocenters. The number of halogens is 3. The van der Waals surface area contributed by atoms with Crippen molar-refractivity contribution in [3.05, 3.63) is 28.7 Å². The second-order valence-corrected chi connectivity index (χ2v) is 7.09.